The van der Waals surface area contributed by atoms with Crippen molar-refractivity contribution in [3.8, 4) is 12.3 Å². The van der Waals surface area contributed by atoms with Crippen LogP contribution >= 0.6 is 0 Å². The van der Waals surface area contributed by atoms with Gasteiger partial charge < -0.3 is 60.1 Å². The third-order valence-electron chi connectivity index (χ3n) is 4.99. The Bertz CT molecular complexity index is 805. The molecule has 1 aliphatic rings. The van der Waals surface area contributed by atoms with Crippen LogP contribution in [0, 0.1) is 17.8 Å². The quantitative estimate of drug-likeness (QED) is 0.0346. The van der Waals surface area contributed by atoms with Gasteiger partial charge in [0, 0.05) is 13.5 Å². The molecular formula is C23H38N4O11. The van der Waals surface area contributed by atoms with Crippen molar-refractivity contribution in [3.05, 3.63) is 11.8 Å². The number of aliphatic hydroxyl groups excluding tert-OH is 3. The van der Waals surface area contributed by atoms with Crippen LogP contribution in [-0.4, -0.2) is 135 Å². The number of terminal acetylenes is 1. The van der Waals surface area contributed by atoms with Crippen molar-refractivity contribution in [2.24, 2.45) is 0 Å². The first-order valence-corrected chi connectivity index (χ1v) is 11.9. The predicted molar refractivity (Wildman–Crippen MR) is 132 cm³/mol. The Kier molecular flexibility index (Phi) is 16.7. The molecule has 1 aliphatic heterocycles. The van der Waals surface area contributed by atoms with Gasteiger partial charge in [0.05, 0.1) is 64.9 Å². The maximum absolute atomic E-state index is 11.7. The van der Waals surface area contributed by atoms with Crippen molar-refractivity contribution < 1.29 is 53.7 Å². The molecule has 0 unspecified atom stereocenters. The zero-order valence-corrected chi connectivity index (χ0v) is 21.3. The third kappa shape index (κ3) is 13.0. The molecule has 38 heavy (non-hydrogen) atoms. The zero-order chi connectivity index (χ0) is 28.3. The second kappa shape index (κ2) is 19.2. The van der Waals surface area contributed by atoms with Crippen LogP contribution in [0.15, 0.2) is 11.8 Å². The van der Waals surface area contributed by atoms with Crippen molar-refractivity contribution in [3.63, 3.8) is 0 Å². The smallest absolute Gasteiger partial charge is 0.370 e. The van der Waals surface area contributed by atoms with Gasteiger partial charge in [-0.25, -0.2) is 4.79 Å². The molecule has 0 spiro atoms. The second-order valence-corrected chi connectivity index (χ2v) is 7.95. The normalized spacial score (nSPS) is 20.3. The Morgan fingerprint density at radius 1 is 1.08 bits per heavy atom. The van der Waals surface area contributed by atoms with Crippen LogP contribution in [-0.2, 0) is 33.3 Å². The lowest BCUT2D eigenvalue weighted by Gasteiger charge is -2.40. The molecule has 0 aliphatic carbocycles. The van der Waals surface area contributed by atoms with E-state index in [9.17, 15) is 24.9 Å². The van der Waals surface area contributed by atoms with Crippen LogP contribution < -0.4 is 16.0 Å². The van der Waals surface area contributed by atoms with Gasteiger partial charge in [-0.05, 0) is 6.08 Å². The van der Waals surface area contributed by atoms with E-state index in [1.165, 1.54) is 6.92 Å². The number of rotatable bonds is 19. The van der Waals surface area contributed by atoms with Gasteiger partial charge in [0.15, 0.2) is 5.96 Å². The highest BCUT2D eigenvalue weighted by Crippen LogP contribution is 2.23. The largest absolute Gasteiger partial charge is 0.478 e. The zero-order valence-electron chi connectivity index (χ0n) is 21.3. The predicted octanol–water partition coefficient (Wildman–Crippen LogP) is -3.25. The summed E-state index contributed by atoms with van der Waals surface area (Å²) in [5.41, 5.74) is 0. The summed E-state index contributed by atoms with van der Waals surface area (Å²) in [7, 11) is 0. The number of hydrogen-bond donors (Lipinski definition) is 8. The molecule has 15 heteroatoms. The molecule has 1 amide bonds. The number of amides is 1. The molecule has 5 atom stereocenters. The van der Waals surface area contributed by atoms with Gasteiger partial charge >= 0.3 is 5.97 Å². The molecule has 0 aromatic carbocycles. The summed E-state index contributed by atoms with van der Waals surface area (Å²) in [6.45, 7) is 3.39. The Labute approximate surface area is 220 Å². The van der Waals surface area contributed by atoms with Gasteiger partial charge in [-0.3, -0.25) is 10.2 Å². The molecule has 0 aromatic rings. The van der Waals surface area contributed by atoms with Gasteiger partial charge in [-0.1, -0.05) is 5.92 Å². The van der Waals surface area contributed by atoms with E-state index >= 15 is 0 Å². The van der Waals surface area contributed by atoms with Crippen molar-refractivity contribution in [2.45, 2.75) is 37.3 Å². The lowest BCUT2D eigenvalue weighted by molar-refractivity contribution is -0.146. The summed E-state index contributed by atoms with van der Waals surface area (Å²) in [4.78, 5) is 23.3. The van der Waals surface area contributed by atoms with Gasteiger partial charge in [0.25, 0.3) is 0 Å². The van der Waals surface area contributed by atoms with Crippen molar-refractivity contribution >= 4 is 17.8 Å². The topological polar surface area (TPSA) is 221 Å². The average Bonchev–Trinajstić information content (AvgIpc) is 2.88. The minimum absolute atomic E-state index is 0.215. The van der Waals surface area contributed by atoms with Crippen LogP contribution in [0.5, 0.6) is 0 Å². The monoisotopic (exact) mass is 546 g/mol. The number of aliphatic carboxylic acids is 1. The number of carboxylic acids is 1. The molecule has 0 radical (unpaired) electrons. The van der Waals surface area contributed by atoms with Crippen molar-refractivity contribution in [1.29, 1.82) is 5.41 Å². The number of guanidine groups is 1. The van der Waals surface area contributed by atoms with Gasteiger partial charge in [-0.2, -0.15) is 0 Å². The number of carbonyl (C=O) groups is 2. The Morgan fingerprint density at radius 2 is 1.66 bits per heavy atom. The summed E-state index contributed by atoms with van der Waals surface area (Å²) >= 11 is 0. The number of aliphatic hydroxyl groups is 3. The van der Waals surface area contributed by atoms with Crippen LogP contribution in [0.4, 0.5) is 0 Å². The van der Waals surface area contributed by atoms with Crippen LogP contribution in [0.1, 0.15) is 6.92 Å². The first-order chi connectivity index (χ1) is 18.2. The minimum atomic E-state index is -1.73. The lowest BCUT2D eigenvalue weighted by atomic mass is 9.92. The second-order valence-electron chi connectivity index (χ2n) is 7.95. The first-order valence-electron chi connectivity index (χ1n) is 11.9. The van der Waals surface area contributed by atoms with E-state index in [1.54, 1.807) is 0 Å². The van der Waals surface area contributed by atoms with Crippen LogP contribution in [0.2, 0.25) is 0 Å². The fourth-order valence-corrected chi connectivity index (χ4v) is 3.26. The number of carbonyl (C=O) groups excluding carboxylic acids is 1. The van der Waals surface area contributed by atoms with Crippen LogP contribution in [0.3, 0.4) is 0 Å². The molecule has 0 bridgehead atoms. The van der Waals surface area contributed by atoms with Crippen molar-refractivity contribution in [2.75, 3.05) is 66.0 Å². The van der Waals surface area contributed by atoms with E-state index in [-0.39, 0.29) is 25.7 Å². The van der Waals surface area contributed by atoms with E-state index < -0.39 is 54.6 Å². The molecule has 0 aromatic heterocycles. The van der Waals surface area contributed by atoms with E-state index in [4.69, 9.17) is 40.6 Å². The number of hydrogen-bond acceptors (Lipinski definition) is 11. The maximum atomic E-state index is 11.7. The Hall–Kier alpha value is -2.97. The summed E-state index contributed by atoms with van der Waals surface area (Å²) in [6.07, 6.45) is 1.37. The molecule has 1 rings (SSSR count). The van der Waals surface area contributed by atoms with E-state index in [1.807, 2.05) is 0 Å². The number of ether oxygens (including phenoxy) is 5. The molecule has 0 saturated heterocycles. The standard InChI is InChI=1S/C23H38N4O11/c1-3-5-34-7-9-36-11-12-37-10-8-35-6-4-25-23(24)27-16-13-18(22(32)33)38-21(19(16)26-15(2)29)20(31)17(30)14-28/h1,13,16-17,19-21,28,30-31H,4-12,14H2,2H3,(H,26,29)(H,32,33)(H3,24,25,27)/t16-,17+,19+,20+,21+/m0/s1. The third-order valence-corrected chi connectivity index (χ3v) is 4.99. The fourth-order valence-electron chi connectivity index (χ4n) is 3.26. The average molecular weight is 547 g/mol. The Morgan fingerprint density at radius 3 is 2.18 bits per heavy atom. The highest BCUT2D eigenvalue weighted by Gasteiger charge is 2.43. The van der Waals surface area contributed by atoms with Crippen molar-refractivity contribution in [1.82, 2.24) is 16.0 Å². The maximum Gasteiger partial charge on any atom is 0.370 e. The van der Waals surface area contributed by atoms with E-state index in [0.29, 0.717) is 39.6 Å². The fraction of sp³-hybridized carbons (Fsp3) is 0.696. The summed E-state index contributed by atoms with van der Waals surface area (Å²) in [5.74, 6) is -0.396. The van der Waals surface area contributed by atoms with Crippen LogP contribution in [0.25, 0.3) is 0 Å². The molecule has 0 fully saturated rings. The molecule has 216 valence electrons. The summed E-state index contributed by atoms with van der Waals surface area (Å²) < 4.78 is 26.4. The number of nitrogens with one attached hydrogen (secondary N) is 4. The Balaban J connectivity index is 2.43. The van der Waals surface area contributed by atoms with Gasteiger partial charge in [0.2, 0.25) is 11.7 Å². The summed E-state index contributed by atoms with van der Waals surface area (Å²) in [5, 5.41) is 54.9. The highest BCUT2D eigenvalue weighted by atomic mass is 16.6. The molecular weight excluding hydrogens is 508 g/mol. The minimum Gasteiger partial charge on any atom is -0.478 e. The van der Waals surface area contributed by atoms with Gasteiger partial charge in [-0.15, -0.1) is 6.42 Å². The highest BCUT2D eigenvalue weighted by molar-refractivity contribution is 5.85. The SMILES string of the molecule is C#CCOCCOCCOCCOCCNC(=N)N[C@H]1C=C(C(=O)O)O[C@@H]([C@H](O)[C@H](O)CO)[C@@H]1NC(C)=O. The molecule has 1 heterocycles. The van der Waals surface area contributed by atoms with E-state index in [2.05, 4.69) is 21.9 Å². The molecule has 0 saturated carbocycles. The lowest BCUT2D eigenvalue weighted by Crippen LogP contribution is -2.64. The molecule has 8 N–H and O–H groups in total. The molecule has 15 nitrogen and oxygen atoms in total. The number of carboxylic acid groups (broad SMARTS) is 1. The first kappa shape index (κ1) is 33.1. The van der Waals surface area contributed by atoms with E-state index in [0.717, 1.165) is 6.08 Å². The van der Waals surface area contributed by atoms with Gasteiger partial charge in [0.1, 0.15) is 24.9 Å². The summed E-state index contributed by atoms with van der Waals surface area (Å²) in [6, 6.07) is -2.09.